The van der Waals surface area contributed by atoms with Gasteiger partial charge in [-0.1, -0.05) is 31.9 Å². The van der Waals surface area contributed by atoms with Gasteiger partial charge in [-0.2, -0.15) is 0 Å². The van der Waals surface area contributed by atoms with E-state index in [1.165, 1.54) is 0 Å². The number of para-hydroxylation sites is 1. The largest absolute Gasteiger partial charge is 0.493 e. The SMILES string of the molecule is CCCCCOc1c(OC)cccc1C1NC(=S)N=C(C)C1C(=O)OCC. The molecule has 0 saturated heterocycles. The molecule has 1 N–H and O–H groups in total. The van der Waals surface area contributed by atoms with Gasteiger partial charge in [0.2, 0.25) is 0 Å². The predicted molar refractivity (Wildman–Crippen MR) is 110 cm³/mol. The predicted octanol–water partition coefficient (Wildman–Crippen LogP) is 3.83. The number of rotatable bonds is 9. The van der Waals surface area contributed by atoms with Gasteiger partial charge in [-0.3, -0.25) is 4.79 Å². The molecule has 0 bridgehead atoms. The summed E-state index contributed by atoms with van der Waals surface area (Å²) < 4.78 is 16.8. The van der Waals surface area contributed by atoms with E-state index in [0.717, 1.165) is 24.8 Å². The lowest BCUT2D eigenvalue weighted by atomic mass is 9.87. The number of unbranched alkanes of at least 4 members (excludes halogenated alkanes) is 2. The van der Waals surface area contributed by atoms with Crippen molar-refractivity contribution in [2.24, 2.45) is 10.9 Å². The molecule has 27 heavy (non-hydrogen) atoms. The van der Waals surface area contributed by atoms with E-state index in [9.17, 15) is 4.79 Å². The van der Waals surface area contributed by atoms with Crippen LogP contribution in [0.1, 0.15) is 51.6 Å². The van der Waals surface area contributed by atoms with E-state index in [1.54, 1.807) is 21.0 Å². The van der Waals surface area contributed by atoms with Crippen LogP contribution in [0.15, 0.2) is 23.2 Å². The van der Waals surface area contributed by atoms with Crippen molar-refractivity contribution in [2.45, 2.75) is 46.1 Å². The summed E-state index contributed by atoms with van der Waals surface area (Å²) in [5, 5.41) is 3.50. The minimum atomic E-state index is -0.582. The summed E-state index contributed by atoms with van der Waals surface area (Å²) in [6, 6.07) is 5.22. The molecule has 0 saturated carbocycles. The molecule has 0 radical (unpaired) electrons. The zero-order chi connectivity index (χ0) is 19.8. The van der Waals surface area contributed by atoms with Crippen molar-refractivity contribution in [2.75, 3.05) is 20.3 Å². The van der Waals surface area contributed by atoms with Crippen molar-refractivity contribution in [3.05, 3.63) is 23.8 Å². The number of thiocarbonyl (C=S) groups is 1. The van der Waals surface area contributed by atoms with Gasteiger partial charge in [0.05, 0.1) is 26.4 Å². The van der Waals surface area contributed by atoms with Crippen LogP contribution >= 0.6 is 12.2 Å². The molecule has 2 unspecified atom stereocenters. The van der Waals surface area contributed by atoms with E-state index < -0.39 is 12.0 Å². The summed E-state index contributed by atoms with van der Waals surface area (Å²) in [7, 11) is 1.60. The van der Waals surface area contributed by atoms with Gasteiger partial charge < -0.3 is 19.5 Å². The molecule has 2 atom stereocenters. The molecule has 148 valence electrons. The molecule has 7 heteroatoms. The number of carbonyl (C=O) groups excluding carboxylic acids is 1. The molecule has 0 fully saturated rings. The first kappa shape index (κ1) is 21.2. The monoisotopic (exact) mass is 392 g/mol. The molecule has 0 spiro atoms. The molecule has 1 aliphatic heterocycles. The highest BCUT2D eigenvalue weighted by atomic mass is 32.1. The van der Waals surface area contributed by atoms with Crippen molar-refractivity contribution < 1.29 is 19.0 Å². The Morgan fingerprint density at radius 3 is 2.74 bits per heavy atom. The molecule has 0 amide bonds. The lowest BCUT2D eigenvalue weighted by molar-refractivity contribution is -0.146. The zero-order valence-corrected chi connectivity index (χ0v) is 17.2. The van der Waals surface area contributed by atoms with Gasteiger partial charge in [-0.15, -0.1) is 0 Å². The fourth-order valence-electron chi connectivity index (χ4n) is 3.13. The Labute approximate surface area is 166 Å². The van der Waals surface area contributed by atoms with Gasteiger partial charge in [0.25, 0.3) is 0 Å². The summed E-state index contributed by atoms with van der Waals surface area (Å²) in [5.41, 5.74) is 1.43. The summed E-state index contributed by atoms with van der Waals surface area (Å²) in [6.45, 7) is 6.61. The highest BCUT2D eigenvalue weighted by Gasteiger charge is 2.38. The van der Waals surface area contributed by atoms with Crippen LogP contribution in [-0.2, 0) is 9.53 Å². The van der Waals surface area contributed by atoms with Gasteiger partial charge in [-0.25, -0.2) is 4.99 Å². The van der Waals surface area contributed by atoms with Crippen LogP contribution in [0.5, 0.6) is 11.5 Å². The fraction of sp³-hybridized carbons (Fsp3) is 0.550. The molecular formula is C20H28N2O4S. The highest BCUT2D eigenvalue weighted by Crippen LogP contribution is 2.39. The van der Waals surface area contributed by atoms with E-state index in [0.29, 0.717) is 35.5 Å². The number of nitrogens with zero attached hydrogens (tertiary/aromatic N) is 1. The summed E-state index contributed by atoms with van der Waals surface area (Å²) in [5.74, 6) is 0.333. The lowest BCUT2D eigenvalue weighted by Crippen LogP contribution is -2.44. The first-order chi connectivity index (χ1) is 13.0. The van der Waals surface area contributed by atoms with E-state index >= 15 is 0 Å². The second kappa shape index (κ2) is 10.3. The van der Waals surface area contributed by atoms with E-state index in [4.69, 9.17) is 26.4 Å². The third kappa shape index (κ3) is 5.19. The Morgan fingerprint density at radius 2 is 2.07 bits per heavy atom. The number of hydrogen-bond acceptors (Lipinski definition) is 5. The first-order valence-electron chi connectivity index (χ1n) is 9.35. The quantitative estimate of drug-likeness (QED) is 0.391. The molecule has 2 rings (SSSR count). The number of aliphatic imine (C=N–C) groups is 1. The highest BCUT2D eigenvalue weighted by molar-refractivity contribution is 7.80. The van der Waals surface area contributed by atoms with E-state index in [2.05, 4.69) is 17.2 Å². The molecular weight excluding hydrogens is 364 g/mol. The van der Waals surface area contributed by atoms with Gasteiger partial charge in [0.1, 0.15) is 5.92 Å². The van der Waals surface area contributed by atoms with Gasteiger partial charge >= 0.3 is 5.97 Å². The maximum absolute atomic E-state index is 12.6. The zero-order valence-electron chi connectivity index (χ0n) is 16.4. The van der Waals surface area contributed by atoms with Crippen molar-refractivity contribution >= 4 is 29.0 Å². The maximum Gasteiger partial charge on any atom is 0.317 e. The summed E-state index contributed by atoms with van der Waals surface area (Å²) in [4.78, 5) is 16.9. The normalized spacial score (nSPS) is 19.1. The van der Waals surface area contributed by atoms with Crippen LogP contribution in [0.4, 0.5) is 0 Å². The van der Waals surface area contributed by atoms with Crippen LogP contribution in [0.2, 0.25) is 0 Å². The number of nitrogens with one attached hydrogen (secondary N) is 1. The third-order valence-corrected chi connectivity index (χ3v) is 4.65. The topological polar surface area (TPSA) is 69.2 Å². The second-order valence-electron chi connectivity index (χ2n) is 6.34. The van der Waals surface area contributed by atoms with Crippen molar-refractivity contribution in [3.8, 4) is 11.5 Å². The Bertz CT molecular complexity index is 705. The van der Waals surface area contributed by atoms with Crippen LogP contribution in [-0.4, -0.2) is 37.1 Å². The van der Waals surface area contributed by atoms with Crippen molar-refractivity contribution in [1.82, 2.24) is 5.32 Å². The van der Waals surface area contributed by atoms with Gasteiger partial charge in [0, 0.05) is 11.3 Å². The Hall–Kier alpha value is -2.15. The molecule has 1 aliphatic rings. The molecule has 1 aromatic carbocycles. The van der Waals surface area contributed by atoms with Crippen molar-refractivity contribution in [3.63, 3.8) is 0 Å². The molecule has 0 aromatic heterocycles. The minimum absolute atomic E-state index is 0.304. The maximum atomic E-state index is 12.6. The lowest BCUT2D eigenvalue weighted by Gasteiger charge is -2.32. The second-order valence-corrected chi connectivity index (χ2v) is 6.73. The number of benzene rings is 1. The van der Waals surface area contributed by atoms with E-state index in [1.807, 2.05) is 18.2 Å². The number of esters is 1. The number of carbonyl (C=O) groups is 1. The average Bonchev–Trinajstić information content (AvgIpc) is 2.64. The Balaban J connectivity index is 2.42. The van der Waals surface area contributed by atoms with E-state index in [-0.39, 0.29) is 5.97 Å². The minimum Gasteiger partial charge on any atom is -0.493 e. The van der Waals surface area contributed by atoms with Gasteiger partial charge in [0.15, 0.2) is 16.6 Å². The van der Waals surface area contributed by atoms with Crippen molar-refractivity contribution in [1.29, 1.82) is 0 Å². The standard InChI is InChI=1S/C20H28N2O4S/c1-5-7-8-12-26-18-14(10-9-11-15(18)24-4)17-16(19(23)25-6-2)13(3)21-20(27)22-17/h9-11,16-17H,5-8,12H2,1-4H3,(H,22,27). The fourth-order valence-corrected chi connectivity index (χ4v) is 3.41. The Morgan fingerprint density at radius 1 is 1.30 bits per heavy atom. The van der Waals surface area contributed by atoms with Crippen LogP contribution in [0.25, 0.3) is 0 Å². The Kier molecular flexibility index (Phi) is 8.03. The van der Waals surface area contributed by atoms with Crippen LogP contribution in [0.3, 0.4) is 0 Å². The van der Waals surface area contributed by atoms with Crippen LogP contribution in [0, 0.1) is 5.92 Å². The van der Waals surface area contributed by atoms with Crippen LogP contribution < -0.4 is 14.8 Å². The van der Waals surface area contributed by atoms with Gasteiger partial charge in [-0.05, 0) is 38.6 Å². The molecule has 1 aromatic rings. The molecule has 6 nitrogen and oxygen atoms in total. The third-order valence-electron chi connectivity index (χ3n) is 4.44. The smallest absolute Gasteiger partial charge is 0.317 e. The molecule has 1 heterocycles. The summed E-state index contributed by atoms with van der Waals surface area (Å²) in [6.07, 6.45) is 3.15. The number of ether oxygens (including phenoxy) is 3. The summed E-state index contributed by atoms with van der Waals surface area (Å²) >= 11 is 5.27. The molecule has 0 aliphatic carbocycles. The first-order valence-corrected chi connectivity index (χ1v) is 9.76. The number of methoxy groups -OCH3 is 1. The number of hydrogen-bond donors (Lipinski definition) is 1. The average molecular weight is 393 g/mol.